The Labute approximate surface area is 111 Å². The maximum atomic E-state index is 11.0. The second-order valence-corrected chi connectivity index (χ2v) is 4.42. The zero-order chi connectivity index (χ0) is 14.0. The van der Waals surface area contributed by atoms with E-state index in [2.05, 4.69) is 0 Å². The Morgan fingerprint density at radius 3 is 2.58 bits per heavy atom. The molecule has 0 amide bonds. The molecule has 2 aromatic rings. The molecule has 2 aromatic carbocycles. The third-order valence-electron chi connectivity index (χ3n) is 3.29. The van der Waals surface area contributed by atoms with Gasteiger partial charge in [0.1, 0.15) is 6.07 Å². The van der Waals surface area contributed by atoms with Gasteiger partial charge in [-0.25, -0.2) is 4.79 Å². The molecule has 0 aliphatic heterocycles. The first kappa shape index (κ1) is 12.8. The number of hydrogen-bond donors (Lipinski definition) is 1. The molecule has 0 unspecified atom stereocenters. The van der Waals surface area contributed by atoms with Crippen LogP contribution < -0.4 is 0 Å². The van der Waals surface area contributed by atoms with E-state index in [-0.39, 0.29) is 11.1 Å². The molecule has 0 aliphatic carbocycles. The van der Waals surface area contributed by atoms with Crippen molar-refractivity contribution in [1.82, 2.24) is 0 Å². The van der Waals surface area contributed by atoms with Crippen LogP contribution in [0.25, 0.3) is 11.1 Å². The van der Waals surface area contributed by atoms with Crippen LogP contribution in [0.4, 0.5) is 0 Å². The lowest BCUT2D eigenvalue weighted by atomic mass is 9.94. The highest BCUT2D eigenvalue weighted by Crippen LogP contribution is 2.27. The molecule has 0 heterocycles. The highest BCUT2D eigenvalue weighted by atomic mass is 16.4. The fourth-order valence-corrected chi connectivity index (χ4v) is 2.05. The predicted molar refractivity (Wildman–Crippen MR) is 73.0 cm³/mol. The van der Waals surface area contributed by atoms with E-state index < -0.39 is 5.97 Å². The van der Waals surface area contributed by atoms with Gasteiger partial charge in [0.15, 0.2) is 0 Å². The highest BCUT2D eigenvalue weighted by molar-refractivity contribution is 5.91. The van der Waals surface area contributed by atoms with Crippen molar-refractivity contribution in [2.24, 2.45) is 0 Å². The van der Waals surface area contributed by atoms with Gasteiger partial charge in [-0.3, -0.25) is 0 Å². The number of aromatic carboxylic acids is 1. The molecule has 0 aliphatic rings. The van der Waals surface area contributed by atoms with Crippen molar-refractivity contribution in [1.29, 1.82) is 5.26 Å². The minimum Gasteiger partial charge on any atom is -0.478 e. The standard InChI is InChI=1S/C16H13NO2/c1-10-4-3-5-14(11(10)2)12-6-7-15(16(18)19)13(8-12)9-17/h3-8H,1-2H3,(H,18,19). The Morgan fingerprint density at radius 2 is 1.95 bits per heavy atom. The molecule has 3 nitrogen and oxygen atoms in total. The number of benzene rings is 2. The van der Waals surface area contributed by atoms with Crippen LogP contribution in [0.2, 0.25) is 0 Å². The largest absolute Gasteiger partial charge is 0.478 e. The lowest BCUT2D eigenvalue weighted by Crippen LogP contribution is -2.00. The number of nitriles is 1. The van der Waals surface area contributed by atoms with E-state index in [4.69, 9.17) is 10.4 Å². The van der Waals surface area contributed by atoms with E-state index in [0.717, 1.165) is 16.7 Å². The second kappa shape index (κ2) is 4.95. The smallest absolute Gasteiger partial charge is 0.337 e. The average molecular weight is 251 g/mol. The zero-order valence-electron chi connectivity index (χ0n) is 10.8. The SMILES string of the molecule is Cc1cccc(-c2ccc(C(=O)O)c(C#N)c2)c1C. The van der Waals surface area contributed by atoms with E-state index in [1.54, 1.807) is 12.1 Å². The lowest BCUT2D eigenvalue weighted by Gasteiger charge is -2.10. The molecule has 0 radical (unpaired) electrons. The monoisotopic (exact) mass is 251 g/mol. The number of carboxylic acid groups (broad SMARTS) is 1. The number of nitrogens with zero attached hydrogens (tertiary/aromatic N) is 1. The van der Waals surface area contributed by atoms with Crippen LogP contribution in [-0.2, 0) is 0 Å². The molecule has 1 N–H and O–H groups in total. The van der Waals surface area contributed by atoms with Gasteiger partial charge in [-0.1, -0.05) is 24.3 Å². The van der Waals surface area contributed by atoms with Crippen molar-refractivity contribution >= 4 is 5.97 Å². The first-order chi connectivity index (χ1) is 9.04. The van der Waals surface area contributed by atoms with E-state index in [9.17, 15) is 4.79 Å². The van der Waals surface area contributed by atoms with Gasteiger partial charge in [-0.05, 0) is 48.2 Å². The molecule has 0 saturated carbocycles. The molecule has 0 fully saturated rings. The third kappa shape index (κ3) is 2.34. The van der Waals surface area contributed by atoms with Gasteiger partial charge in [0.05, 0.1) is 11.1 Å². The van der Waals surface area contributed by atoms with E-state index in [1.165, 1.54) is 11.6 Å². The Balaban J connectivity index is 2.62. The van der Waals surface area contributed by atoms with Crippen LogP contribution in [-0.4, -0.2) is 11.1 Å². The van der Waals surface area contributed by atoms with Crippen molar-refractivity contribution in [3.63, 3.8) is 0 Å². The summed E-state index contributed by atoms with van der Waals surface area (Å²) in [5.41, 5.74) is 4.41. The van der Waals surface area contributed by atoms with Crippen LogP contribution in [0.3, 0.4) is 0 Å². The van der Waals surface area contributed by atoms with Crippen LogP contribution >= 0.6 is 0 Å². The molecule has 0 atom stereocenters. The summed E-state index contributed by atoms with van der Waals surface area (Å²) in [6.07, 6.45) is 0. The molecule has 0 bridgehead atoms. The molecular weight excluding hydrogens is 238 g/mol. The van der Waals surface area contributed by atoms with Crippen molar-refractivity contribution in [3.8, 4) is 17.2 Å². The molecule has 94 valence electrons. The maximum absolute atomic E-state index is 11.0. The van der Waals surface area contributed by atoms with Gasteiger partial charge in [0.2, 0.25) is 0 Å². The third-order valence-corrected chi connectivity index (χ3v) is 3.29. The summed E-state index contributed by atoms with van der Waals surface area (Å²) in [6.45, 7) is 4.04. The zero-order valence-corrected chi connectivity index (χ0v) is 10.8. The fraction of sp³-hybridized carbons (Fsp3) is 0.125. The van der Waals surface area contributed by atoms with Crippen molar-refractivity contribution < 1.29 is 9.90 Å². The Bertz CT molecular complexity index is 696. The van der Waals surface area contributed by atoms with Gasteiger partial charge in [0.25, 0.3) is 0 Å². The quantitative estimate of drug-likeness (QED) is 0.888. The van der Waals surface area contributed by atoms with Crippen molar-refractivity contribution in [2.75, 3.05) is 0 Å². The summed E-state index contributed by atoms with van der Waals surface area (Å²) >= 11 is 0. The van der Waals surface area contributed by atoms with Gasteiger partial charge in [-0.15, -0.1) is 0 Å². The van der Waals surface area contributed by atoms with E-state index in [1.807, 2.05) is 38.1 Å². The topological polar surface area (TPSA) is 61.1 Å². The minimum absolute atomic E-state index is 0.0385. The molecule has 0 spiro atoms. The van der Waals surface area contributed by atoms with Gasteiger partial charge < -0.3 is 5.11 Å². The summed E-state index contributed by atoms with van der Waals surface area (Å²) < 4.78 is 0. The fourth-order valence-electron chi connectivity index (χ4n) is 2.05. The Hall–Kier alpha value is -2.60. The molecular formula is C16H13NO2. The number of aryl methyl sites for hydroxylation is 1. The minimum atomic E-state index is -1.08. The Kier molecular flexibility index (Phi) is 3.35. The summed E-state index contributed by atoms with van der Waals surface area (Å²) in [4.78, 5) is 11.0. The van der Waals surface area contributed by atoms with Crippen molar-refractivity contribution in [2.45, 2.75) is 13.8 Å². The first-order valence-electron chi connectivity index (χ1n) is 5.88. The van der Waals surface area contributed by atoms with Gasteiger partial charge in [-0.2, -0.15) is 5.26 Å². The summed E-state index contributed by atoms with van der Waals surface area (Å²) in [6, 6.07) is 12.7. The highest BCUT2D eigenvalue weighted by Gasteiger charge is 2.12. The lowest BCUT2D eigenvalue weighted by molar-refractivity contribution is 0.0696. The van der Waals surface area contributed by atoms with E-state index >= 15 is 0 Å². The average Bonchev–Trinajstić information content (AvgIpc) is 2.41. The summed E-state index contributed by atoms with van der Waals surface area (Å²) in [5, 5.41) is 18.1. The van der Waals surface area contributed by atoms with Gasteiger partial charge >= 0.3 is 5.97 Å². The number of hydrogen-bond acceptors (Lipinski definition) is 2. The normalized spacial score (nSPS) is 9.95. The molecule has 0 aromatic heterocycles. The van der Waals surface area contributed by atoms with Crippen LogP contribution in [0.5, 0.6) is 0 Å². The number of rotatable bonds is 2. The molecule has 19 heavy (non-hydrogen) atoms. The molecule has 0 saturated heterocycles. The molecule has 2 rings (SSSR count). The summed E-state index contributed by atoms with van der Waals surface area (Å²) in [7, 11) is 0. The van der Waals surface area contributed by atoms with Crippen LogP contribution in [0.15, 0.2) is 36.4 Å². The first-order valence-corrected chi connectivity index (χ1v) is 5.88. The Morgan fingerprint density at radius 1 is 1.21 bits per heavy atom. The van der Waals surface area contributed by atoms with Crippen molar-refractivity contribution in [3.05, 3.63) is 58.7 Å². The van der Waals surface area contributed by atoms with Crippen LogP contribution in [0, 0.1) is 25.2 Å². The predicted octanol–water partition coefficient (Wildman–Crippen LogP) is 3.54. The second-order valence-electron chi connectivity index (χ2n) is 4.42. The van der Waals surface area contributed by atoms with E-state index in [0.29, 0.717) is 0 Å². The van der Waals surface area contributed by atoms with Gasteiger partial charge in [0, 0.05) is 0 Å². The molecule has 3 heteroatoms. The number of carbonyl (C=O) groups is 1. The summed E-state index contributed by atoms with van der Waals surface area (Å²) in [5.74, 6) is -1.08. The number of carboxylic acids is 1. The maximum Gasteiger partial charge on any atom is 0.337 e. The van der Waals surface area contributed by atoms with Crippen LogP contribution in [0.1, 0.15) is 27.0 Å².